The summed E-state index contributed by atoms with van der Waals surface area (Å²) in [5.74, 6) is 0.593. The fourth-order valence-corrected chi connectivity index (χ4v) is 2.11. The fourth-order valence-electron chi connectivity index (χ4n) is 1.56. The first-order valence-corrected chi connectivity index (χ1v) is 7.49. The normalized spacial score (nSPS) is 11.0. The molecule has 1 aromatic heterocycles. The number of hydrogen-bond donors (Lipinski definition) is 2. The molecule has 1 heterocycles. The van der Waals surface area contributed by atoms with Gasteiger partial charge < -0.3 is 10.5 Å². The molecule has 21 heavy (non-hydrogen) atoms. The van der Waals surface area contributed by atoms with Crippen LogP contribution in [-0.4, -0.2) is 17.8 Å². The first kappa shape index (κ1) is 15.2. The first-order chi connectivity index (χ1) is 10.2. The van der Waals surface area contributed by atoms with Crippen LogP contribution in [0.5, 0.6) is 5.75 Å². The maximum atomic E-state index is 13.3. The van der Waals surface area contributed by atoms with Crippen molar-refractivity contribution in [3.8, 4) is 5.75 Å². The van der Waals surface area contributed by atoms with E-state index in [1.807, 2.05) is 0 Å². The van der Waals surface area contributed by atoms with E-state index in [1.165, 1.54) is 23.5 Å². The molecule has 0 atom stereocenters. The van der Waals surface area contributed by atoms with Crippen molar-refractivity contribution in [2.24, 2.45) is 5.10 Å². The number of benzene rings is 1. The summed E-state index contributed by atoms with van der Waals surface area (Å²) in [7, 11) is 0. The summed E-state index contributed by atoms with van der Waals surface area (Å²) in [4.78, 5) is 4.02. The highest BCUT2D eigenvalue weighted by atomic mass is 32.1. The smallest absolute Gasteiger partial charge is 0.205 e. The van der Waals surface area contributed by atoms with Gasteiger partial charge in [-0.1, -0.05) is 13.3 Å². The Balaban J connectivity index is 2.03. The van der Waals surface area contributed by atoms with Crippen LogP contribution in [0.4, 0.5) is 15.3 Å². The molecule has 7 heteroatoms. The molecular formula is C14H17FN4OS. The summed E-state index contributed by atoms with van der Waals surface area (Å²) in [6, 6.07) is 4.35. The van der Waals surface area contributed by atoms with Crippen molar-refractivity contribution in [2.75, 3.05) is 17.8 Å². The highest BCUT2D eigenvalue weighted by Gasteiger charge is 2.04. The Bertz CT molecular complexity index is 615. The molecule has 2 aromatic rings. The molecule has 0 fully saturated rings. The van der Waals surface area contributed by atoms with E-state index in [2.05, 4.69) is 22.4 Å². The molecule has 0 spiro atoms. The second kappa shape index (κ2) is 7.58. The average molecular weight is 308 g/mol. The molecule has 0 aliphatic heterocycles. The summed E-state index contributed by atoms with van der Waals surface area (Å²) in [6.07, 6.45) is 3.51. The number of nitrogen functional groups attached to an aromatic ring is 1. The molecule has 0 bridgehead atoms. The van der Waals surface area contributed by atoms with E-state index in [4.69, 9.17) is 10.5 Å². The van der Waals surface area contributed by atoms with Crippen molar-refractivity contribution in [1.82, 2.24) is 4.98 Å². The lowest BCUT2D eigenvalue weighted by molar-refractivity contribution is 0.307. The molecule has 0 radical (unpaired) electrons. The van der Waals surface area contributed by atoms with Crippen molar-refractivity contribution in [3.05, 3.63) is 35.0 Å². The van der Waals surface area contributed by atoms with E-state index >= 15 is 0 Å². The molecule has 0 aliphatic rings. The Hall–Kier alpha value is -2.15. The van der Waals surface area contributed by atoms with Crippen molar-refractivity contribution in [1.29, 1.82) is 0 Å². The largest absolute Gasteiger partial charge is 0.493 e. The van der Waals surface area contributed by atoms with Gasteiger partial charge in [0.1, 0.15) is 17.4 Å². The number of unbranched alkanes of at least 4 members (excludes halogenated alkanes) is 1. The van der Waals surface area contributed by atoms with Gasteiger partial charge in [-0.15, -0.1) is 11.3 Å². The highest BCUT2D eigenvalue weighted by molar-refractivity contribution is 7.14. The standard InChI is InChI=1S/C14H17FN4OS/c1-2-3-6-20-12-7-11(15)5-4-10(12)8-17-19-14-18-13(16)9-21-14/h4-5,7-9H,2-3,6,16H2,1H3,(H,18,19). The van der Waals surface area contributed by atoms with Gasteiger partial charge in [-0.25, -0.2) is 9.37 Å². The predicted molar refractivity (Wildman–Crippen MR) is 84.5 cm³/mol. The number of nitrogens with two attached hydrogens (primary N) is 1. The second-order valence-corrected chi connectivity index (χ2v) is 5.19. The zero-order chi connectivity index (χ0) is 15.1. The van der Waals surface area contributed by atoms with Gasteiger partial charge in [-0.05, 0) is 18.6 Å². The molecule has 5 nitrogen and oxygen atoms in total. The monoisotopic (exact) mass is 308 g/mol. The van der Waals surface area contributed by atoms with Crippen LogP contribution in [0.25, 0.3) is 0 Å². The molecule has 0 aliphatic carbocycles. The molecule has 0 saturated heterocycles. The van der Waals surface area contributed by atoms with Crippen molar-refractivity contribution in [2.45, 2.75) is 19.8 Å². The maximum absolute atomic E-state index is 13.3. The van der Waals surface area contributed by atoms with Crippen LogP contribution in [0.1, 0.15) is 25.3 Å². The minimum atomic E-state index is -0.334. The van der Waals surface area contributed by atoms with Gasteiger partial charge in [-0.3, -0.25) is 5.43 Å². The third kappa shape index (κ3) is 4.71. The van der Waals surface area contributed by atoms with Crippen LogP contribution < -0.4 is 15.9 Å². The Labute approximate surface area is 126 Å². The molecule has 1 aromatic carbocycles. The van der Waals surface area contributed by atoms with Gasteiger partial charge in [0.05, 0.1) is 12.8 Å². The number of hydrogen-bond acceptors (Lipinski definition) is 6. The van der Waals surface area contributed by atoms with Crippen molar-refractivity contribution < 1.29 is 9.13 Å². The van der Waals surface area contributed by atoms with Gasteiger partial charge in [0.25, 0.3) is 0 Å². The lowest BCUT2D eigenvalue weighted by atomic mass is 10.2. The topological polar surface area (TPSA) is 72.5 Å². The van der Waals surface area contributed by atoms with Gasteiger partial charge in [-0.2, -0.15) is 5.10 Å². The number of nitrogens with zero attached hydrogens (tertiary/aromatic N) is 2. The van der Waals surface area contributed by atoms with E-state index in [1.54, 1.807) is 17.7 Å². The number of nitrogens with one attached hydrogen (secondary N) is 1. The Morgan fingerprint density at radius 2 is 2.38 bits per heavy atom. The number of ether oxygens (including phenoxy) is 1. The van der Waals surface area contributed by atoms with Gasteiger partial charge >= 0.3 is 0 Å². The Morgan fingerprint density at radius 1 is 1.52 bits per heavy atom. The van der Waals surface area contributed by atoms with Gasteiger partial charge in [0.2, 0.25) is 5.13 Å². The molecule has 112 valence electrons. The molecule has 2 rings (SSSR count). The predicted octanol–water partition coefficient (Wildman–Crippen LogP) is 3.49. The second-order valence-electron chi connectivity index (χ2n) is 4.33. The summed E-state index contributed by atoms with van der Waals surface area (Å²) in [5, 5.41) is 6.37. The van der Waals surface area contributed by atoms with E-state index in [0.717, 1.165) is 12.8 Å². The third-order valence-corrected chi connectivity index (χ3v) is 3.38. The van der Waals surface area contributed by atoms with Gasteiger partial charge in [0.15, 0.2) is 0 Å². The van der Waals surface area contributed by atoms with Gasteiger partial charge in [0, 0.05) is 17.0 Å². The summed E-state index contributed by atoms with van der Waals surface area (Å²) in [5.41, 5.74) is 8.99. The number of anilines is 2. The third-order valence-electron chi connectivity index (χ3n) is 2.62. The van der Waals surface area contributed by atoms with Crippen LogP contribution in [0.3, 0.4) is 0 Å². The van der Waals surface area contributed by atoms with E-state index < -0.39 is 0 Å². The summed E-state index contributed by atoms with van der Waals surface area (Å²) >= 11 is 1.36. The van der Waals surface area contributed by atoms with Crippen LogP contribution in [0, 0.1) is 5.82 Å². The van der Waals surface area contributed by atoms with E-state index in [-0.39, 0.29) is 5.82 Å². The van der Waals surface area contributed by atoms with Crippen LogP contribution >= 0.6 is 11.3 Å². The molecule has 0 amide bonds. The van der Waals surface area contributed by atoms with E-state index in [0.29, 0.717) is 28.9 Å². The SMILES string of the molecule is CCCCOc1cc(F)ccc1C=NNc1nc(N)cs1. The average Bonchev–Trinajstić information content (AvgIpc) is 2.87. The zero-order valence-corrected chi connectivity index (χ0v) is 12.5. The molecule has 0 unspecified atom stereocenters. The Morgan fingerprint density at radius 3 is 3.10 bits per heavy atom. The molecule has 0 saturated carbocycles. The number of halogens is 1. The summed E-state index contributed by atoms with van der Waals surface area (Å²) in [6.45, 7) is 2.62. The molecule has 3 N–H and O–H groups in total. The van der Waals surface area contributed by atoms with Crippen molar-refractivity contribution >= 4 is 28.5 Å². The zero-order valence-electron chi connectivity index (χ0n) is 11.7. The minimum absolute atomic E-state index is 0.334. The van der Waals surface area contributed by atoms with Crippen LogP contribution in [-0.2, 0) is 0 Å². The lowest BCUT2D eigenvalue weighted by Gasteiger charge is -2.08. The number of thiazole rings is 1. The number of rotatable bonds is 7. The summed E-state index contributed by atoms with van der Waals surface area (Å²) < 4.78 is 18.9. The van der Waals surface area contributed by atoms with Crippen molar-refractivity contribution in [3.63, 3.8) is 0 Å². The highest BCUT2D eigenvalue weighted by Crippen LogP contribution is 2.20. The Kier molecular flexibility index (Phi) is 5.51. The number of hydrazone groups is 1. The fraction of sp³-hybridized carbons (Fsp3) is 0.286. The number of aromatic nitrogens is 1. The first-order valence-electron chi connectivity index (χ1n) is 6.61. The lowest BCUT2D eigenvalue weighted by Crippen LogP contribution is -2.01. The van der Waals surface area contributed by atoms with Crippen LogP contribution in [0.2, 0.25) is 0 Å². The van der Waals surface area contributed by atoms with Crippen LogP contribution in [0.15, 0.2) is 28.7 Å². The maximum Gasteiger partial charge on any atom is 0.205 e. The molecular weight excluding hydrogens is 291 g/mol. The quantitative estimate of drug-likeness (QED) is 0.466. The minimum Gasteiger partial charge on any atom is -0.493 e. The van der Waals surface area contributed by atoms with E-state index in [9.17, 15) is 4.39 Å².